The molecule has 0 aliphatic heterocycles. The highest BCUT2D eigenvalue weighted by Gasteiger charge is 1.95. The first-order valence-electron chi connectivity index (χ1n) is 4.34. The summed E-state index contributed by atoms with van der Waals surface area (Å²) in [5, 5.41) is 0.169. The number of carbonyl (C=O) groups excluding carboxylic acids is 1. The van der Waals surface area contributed by atoms with E-state index in [2.05, 4.69) is 13.8 Å². The molecule has 2 nitrogen and oxygen atoms in total. The third-order valence-electron chi connectivity index (χ3n) is 1.37. The average Bonchev–Trinajstić information content (AvgIpc) is 1.95. The number of ether oxygens (including phenoxy) is 1. The fraction of sp³-hybridized carbons (Fsp3) is 0.889. The zero-order valence-corrected chi connectivity index (χ0v) is 8.95. The second-order valence-corrected chi connectivity index (χ2v) is 4.41. The van der Waals surface area contributed by atoms with Crippen LogP contribution in [0.25, 0.3) is 0 Å². The molecule has 0 saturated heterocycles. The maximum Gasteiger partial charge on any atom is 0.185 e. The van der Waals surface area contributed by atoms with Crippen LogP contribution in [-0.4, -0.2) is 24.1 Å². The van der Waals surface area contributed by atoms with Crippen LogP contribution in [0.3, 0.4) is 0 Å². The van der Waals surface area contributed by atoms with Crippen LogP contribution < -0.4 is 0 Å². The number of thioether (sulfide) groups is 1. The molecular weight excluding hydrogens is 172 g/mol. The molecule has 0 saturated carbocycles. The summed E-state index contributed by atoms with van der Waals surface area (Å²) in [7, 11) is 0. The van der Waals surface area contributed by atoms with Crippen molar-refractivity contribution < 1.29 is 9.53 Å². The summed E-state index contributed by atoms with van der Waals surface area (Å²) in [5.41, 5.74) is 0. The highest BCUT2D eigenvalue weighted by Crippen LogP contribution is 2.02. The van der Waals surface area contributed by atoms with Crippen molar-refractivity contribution in [2.45, 2.75) is 27.2 Å². The van der Waals surface area contributed by atoms with Crippen molar-refractivity contribution in [3.63, 3.8) is 0 Å². The Bertz CT molecular complexity index is 124. The Hall–Kier alpha value is -0.0200. The Balaban J connectivity index is 2.96. The molecule has 0 atom stereocenters. The molecule has 0 aromatic rings. The smallest absolute Gasteiger partial charge is 0.185 e. The fourth-order valence-corrected chi connectivity index (χ4v) is 1.15. The number of hydrogen-bond donors (Lipinski definition) is 0. The van der Waals surface area contributed by atoms with Crippen molar-refractivity contribution in [3.8, 4) is 0 Å². The lowest BCUT2D eigenvalue weighted by Gasteiger charge is -2.04. The van der Waals surface area contributed by atoms with Gasteiger partial charge in [-0.15, -0.1) is 0 Å². The van der Waals surface area contributed by atoms with E-state index >= 15 is 0 Å². The van der Waals surface area contributed by atoms with Gasteiger partial charge in [0.15, 0.2) is 5.12 Å². The molecule has 0 radical (unpaired) electrons. The topological polar surface area (TPSA) is 26.3 Å². The van der Waals surface area contributed by atoms with Gasteiger partial charge in [0, 0.05) is 19.3 Å². The number of rotatable bonds is 6. The van der Waals surface area contributed by atoms with E-state index < -0.39 is 0 Å². The molecule has 0 amide bonds. The summed E-state index contributed by atoms with van der Waals surface area (Å²) < 4.78 is 5.32. The summed E-state index contributed by atoms with van der Waals surface area (Å²) >= 11 is 1.33. The van der Waals surface area contributed by atoms with Crippen LogP contribution in [0.1, 0.15) is 27.2 Å². The molecule has 0 heterocycles. The van der Waals surface area contributed by atoms with E-state index in [-0.39, 0.29) is 5.12 Å². The second kappa shape index (κ2) is 7.62. The van der Waals surface area contributed by atoms with Crippen molar-refractivity contribution in [2.75, 3.05) is 19.0 Å². The molecule has 0 aromatic carbocycles. The van der Waals surface area contributed by atoms with Crippen LogP contribution >= 0.6 is 11.8 Å². The van der Waals surface area contributed by atoms with E-state index in [9.17, 15) is 4.79 Å². The molecule has 0 unspecified atom stereocenters. The van der Waals surface area contributed by atoms with Crippen LogP contribution in [0.4, 0.5) is 0 Å². The van der Waals surface area contributed by atoms with Gasteiger partial charge >= 0.3 is 0 Å². The van der Waals surface area contributed by atoms with Gasteiger partial charge in [0.05, 0.1) is 6.61 Å². The monoisotopic (exact) mass is 190 g/mol. The standard InChI is InChI=1S/C9H18O2S/c1-8(2)4-5-11-6-7-12-9(3)10/h8H,4-7H2,1-3H3. The van der Waals surface area contributed by atoms with Crippen LogP contribution in [0, 0.1) is 5.92 Å². The van der Waals surface area contributed by atoms with Crippen molar-refractivity contribution >= 4 is 16.9 Å². The third-order valence-corrected chi connectivity index (χ3v) is 2.15. The molecule has 0 fully saturated rings. The van der Waals surface area contributed by atoms with E-state index in [4.69, 9.17) is 4.74 Å². The first-order chi connectivity index (χ1) is 5.63. The van der Waals surface area contributed by atoms with Gasteiger partial charge in [-0.2, -0.15) is 0 Å². The summed E-state index contributed by atoms with van der Waals surface area (Å²) in [4.78, 5) is 10.5. The molecule has 0 N–H and O–H groups in total. The lowest BCUT2D eigenvalue weighted by Crippen LogP contribution is -2.03. The van der Waals surface area contributed by atoms with Crippen molar-refractivity contribution in [1.82, 2.24) is 0 Å². The Kier molecular flexibility index (Phi) is 7.61. The Morgan fingerprint density at radius 3 is 2.58 bits per heavy atom. The Morgan fingerprint density at radius 2 is 2.08 bits per heavy atom. The van der Waals surface area contributed by atoms with Crippen LogP contribution in [-0.2, 0) is 9.53 Å². The van der Waals surface area contributed by atoms with Gasteiger partial charge in [-0.3, -0.25) is 4.79 Å². The minimum absolute atomic E-state index is 0.169. The number of hydrogen-bond acceptors (Lipinski definition) is 3. The molecule has 3 heteroatoms. The van der Waals surface area contributed by atoms with E-state index in [1.54, 1.807) is 6.92 Å². The Labute approximate surface area is 79.1 Å². The molecule has 72 valence electrons. The van der Waals surface area contributed by atoms with Crippen LogP contribution in [0.15, 0.2) is 0 Å². The maximum absolute atomic E-state index is 10.5. The highest BCUT2D eigenvalue weighted by molar-refractivity contribution is 8.13. The molecule has 0 aromatic heterocycles. The molecule has 0 spiro atoms. The largest absolute Gasteiger partial charge is 0.381 e. The van der Waals surface area contributed by atoms with Gasteiger partial charge in [0.2, 0.25) is 0 Å². The second-order valence-electron chi connectivity index (χ2n) is 3.13. The van der Waals surface area contributed by atoms with Gasteiger partial charge in [-0.05, 0) is 12.3 Å². The summed E-state index contributed by atoms with van der Waals surface area (Å²) in [6, 6.07) is 0. The van der Waals surface area contributed by atoms with Crippen molar-refractivity contribution in [1.29, 1.82) is 0 Å². The zero-order chi connectivity index (χ0) is 9.40. The summed E-state index contributed by atoms with van der Waals surface area (Å²) in [5.74, 6) is 1.48. The molecular formula is C9H18O2S. The molecule has 0 bridgehead atoms. The van der Waals surface area contributed by atoms with E-state index in [1.165, 1.54) is 11.8 Å². The lowest BCUT2D eigenvalue weighted by molar-refractivity contribution is -0.109. The molecule has 0 aliphatic carbocycles. The molecule has 0 rings (SSSR count). The normalized spacial score (nSPS) is 10.7. The summed E-state index contributed by atoms with van der Waals surface area (Å²) in [6.07, 6.45) is 1.10. The maximum atomic E-state index is 10.5. The molecule has 12 heavy (non-hydrogen) atoms. The number of carbonyl (C=O) groups is 1. The SMILES string of the molecule is CC(=O)SCCOCCC(C)C. The van der Waals surface area contributed by atoms with Gasteiger partial charge in [0.1, 0.15) is 0 Å². The average molecular weight is 190 g/mol. The minimum atomic E-state index is 0.169. The van der Waals surface area contributed by atoms with E-state index in [1.807, 2.05) is 0 Å². The van der Waals surface area contributed by atoms with Gasteiger partial charge in [-0.1, -0.05) is 25.6 Å². The van der Waals surface area contributed by atoms with Gasteiger partial charge in [0.25, 0.3) is 0 Å². The van der Waals surface area contributed by atoms with Crippen molar-refractivity contribution in [3.05, 3.63) is 0 Å². The lowest BCUT2D eigenvalue weighted by atomic mass is 10.1. The van der Waals surface area contributed by atoms with E-state index in [0.717, 1.165) is 18.8 Å². The molecule has 0 aliphatic rings. The fourth-order valence-electron chi connectivity index (χ4n) is 0.665. The van der Waals surface area contributed by atoms with Gasteiger partial charge in [-0.25, -0.2) is 0 Å². The van der Waals surface area contributed by atoms with Gasteiger partial charge < -0.3 is 4.74 Å². The van der Waals surface area contributed by atoms with Crippen molar-refractivity contribution in [2.24, 2.45) is 5.92 Å². The first-order valence-corrected chi connectivity index (χ1v) is 5.32. The zero-order valence-electron chi connectivity index (χ0n) is 8.13. The quantitative estimate of drug-likeness (QED) is 0.601. The third kappa shape index (κ3) is 9.98. The van der Waals surface area contributed by atoms with Crippen LogP contribution in [0.2, 0.25) is 0 Å². The van der Waals surface area contributed by atoms with Crippen LogP contribution in [0.5, 0.6) is 0 Å². The van der Waals surface area contributed by atoms with E-state index in [0.29, 0.717) is 12.5 Å². The predicted molar refractivity (Wildman–Crippen MR) is 53.4 cm³/mol. The predicted octanol–water partition coefficient (Wildman–Crippen LogP) is 2.33. The summed E-state index contributed by atoms with van der Waals surface area (Å²) in [6.45, 7) is 7.44. The first kappa shape index (κ1) is 12.0. The Morgan fingerprint density at radius 1 is 1.42 bits per heavy atom. The minimum Gasteiger partial charge on any atom is -0.381 e. The highest BCUT2D eigenvalue weighted by atomic mass is 32.2.